The molecule has 2 aliphatic rings. The molecule has 4 nitrogen and oxygen atoms in total. The Morgan fingerprint density at radius 2 is 2.11 bits per heavy atom. The van der Waals surface area contributed by atoms with Gasteiger partial charge in [-0.1, -0.05) is 6.92 Å². The highest BCUT2D eigenvalue weighted by Crippen LogP contribution is 2.18. The van der Waals surface area contributed by atoms with Crippen molar-refractivity contribution in [1.82, 2.24) is 9.80 Å². The minimum absolute atomic E-state index is 0.105. The van der Waals surface area contributed by atoms with Crippen LogP contribution in [0.1, 0.15) is 26.2 Å². The number of ketones is 1. The van der Waals surface area contributed by atoms with Crippen molar-refractivity contribution in [2.24, 2.45) is 5.92 Å². The molecule has 2 aliphatic heterocycles. The van der Waals surface area contributed by atoms with Gasteiger partial charge in [0.25, 0.3) is 0 Å². The van der Waals surface area contributed by atoms with E-state index in [4.69, 9.17) is 4.74 Å². The van der Waals surface area contributed by atoms with Crippen LogP contribution in [0, 0.1) is 5.92 Å². The van der Waals surface area contributed by atoms with Crippen LogP contribution in [0.3, 0.4) is 0 Å². The normalized spacial score (nSPS) is 27.9. The Hall–Kier alpha value is -0.450. The van der Waals surface area contributed by atoms with Crippen LogP contribution in [-0.2, 0) is 9.53 Å². The van der Waals surface area contributed by atoms with E-state index in [1.54, 1.807) is 0 Å². The Morgan fingerprint density at radius 1 is 1.39 bits per heavy atom. The fourth-order valence-corrected chi connectivity index (χ4v) is 3.02. The largest absolute Gasteiger partial charge is 0.380 e. The molecule has 18 heavy (non-hydrogen) atoms. The van der Waals surface area contributed by atoms with Crippen molar-refractivity contribution in [1.29, 1.82) is 0 Å². The quantitative estimate of drug-likeness (QED) is 0.749. The lowest BCUT2D eigenvalue weighted by atomic mass is 9.97. The zero-order valence-electron chi connectivity index (χ0n) is 11.7. The van der Waals surface area contributed by atoms with Gasteiger partial charge in [0.1, 0.15) is 5.78 Å². The summed E-state index contributed by atoms with van der Waals surface area (Å²) in [4.78, 5) is 16.7. The van der Waals surface area contributed by atoms with Gasteiger partial charge in [0.05, 0.1) is 19.1 Å². The van der Waals surface area contributed by atoms with Crippen molar-refractivity contribution in [3.63, 3.8) is 0 Å². The van der Waals surface area contributed by atoms with Crippen molar-refractivity contribution < 1.29 is 9.53 Å². The van der Waals surface area contributed by atoms with E-state index < -0.39 is 0 Å². The highest BCUT2D eigenvalue weighted by Gasteiger charge is 2.28. The maximum atomic E-state index is 11.8. The van der Waals surface area contributed by atoms with Crippen molar-refractivity contribution in [2.45, 2.75) is 32.2 Å². The van der Waals surface area contributed by atoms with Crippen LogP contribution in [0.2, 0.25) is 0 Å². The summed E-state index contributed by atoms with van der Waals surface area (Å²) >= 11 is 0. The molecule has 4 heteroatoms. The summed E-state index contributed by atoms with van der Waals surface area (Å²) in [6.07, 6.45) is 3.06. The molecule has 0 saturated carbocycles. The molecule has 0 aromatic rings. The van der Waals surface area contributed by atoms with Gasteiger partial charge < -0.3 is 14.5 Å². The third-order valence-electron chi connectivity index (χ3n) is 4.40. The smallest absolute Gasteiger partial charge is 0.141 e. The molecule has 0 bridgehead atoms. The van der Waals surface area contributed by atoms with Crippen LogP contribution in [0.15, 0.2) is 0 Å². The summed E-state index contributed by atoms with van der Waals surface area (Å²) in [6, 6.07) is 0.641. The van der Waals surface area contributed by atoms with Crippen LogP contribution in [-0.4, -0.2) is 68.1 Å². The third kappa shape index (κ3) is 3.53. The number of ether oxygens (including phenoxy) is 1. The Morgan fingerprint density at radius 3 is 2.72 bits per heavy atom. The molecule has 104 valence electrons. The van der Waals surface area contributed by atoms with Crippen LogP contribution >= 0.6 is 0 Å². The van der Waals surface area contributed by atoms with Gasteiger partial charge in [0.2, 0.25) is 0 Å². The maximum absolute atomic E-state index is 11.8. The first-order valence-electron chi connectivity index (χ1n) is 7.23. The standard InChI is InChI=1S/C14H26N2O2/c1-3-16-7-4-13(5-8-16)15(2)10-12-11-18-9-6-14(12)17/h12-13H,3-11H2,1-2H3. The van der Waals surface area contributed by atoms with Crippen LogP contribution in [0.5, 0.6) is 0 Å². The number of rotatable bonds is 4. The third-order valence-corrected chi connectivity index (χ3v) is 4.40. The van der Waals surface area contributed by atoms with Crippen LogP contribution in [0.25, 0.3) is 0 Å². The van der Waals surface area contributed by atoms with E-state index in [0.29, 0.717) is 31.5 Å². The maximum Gasteiger partial charge on any atom is 0.141 e. The lowest BCUT2D eigenvalue weighted by Crippen LogP contribution is -2.46. The fraction of sp³-hybridized carbons (Fsp3) is 0.929. The molecule has 0 radical (unpaired) electrons. The molecule has 0 N–H and O–H groups in total. The van der Waals surface area contributed by atoms with Crippen LogP contribution < -0.4 is 0 Å². The van der Waals surface area contributed by atoms with Gasteiger partial charge in [-0.3, -0.25) is 4.79 Å². The number of carbonyl (C=O) groups excluding carboxylic acids is 1. The van der Waals surface area contributed by atoms with Crippen molar-refractivity contribution in [2.75, 3.05) is 46.4 Å². The second-order valence-electron chi connectivity index (χ2n) is 5.59. The van der Waals surface area contributed by atoms with Crippen molar-refractivity contribution in [3.05, 3.63) is 0 Å². The van der Waals surface area contributed by atoms with Gasteiger partial charge in [-0.2, -0.15) is 0 Å². The predicted octanol–water partition coefficient (Wildman–Crippen LogP) is 1.01. The molecule has 1 unspecified atom stereocenters. The number of piperidine rings is 1. The molecule has 0 aliphatic carbocycles. The van der Waals surface area contributed by atoms with Crippen molar-refractivity contribution >= 4 is 5.78 Å². The van der Waals surface area contributed by atoms with E-state index >= 15 is 0 Å². The summed E-state index contributed by atoms with van der Waals surface area (Å²) < 4.78 is 5.42. The first-order chi connectivity index (χ1) is 8.70. The van der Waals surface area contributed by atoms with Crippen molar-refractivity contribution in [3.8, 4) is 0 Å². The molecule has 2 fully saturated rings. The molecular weight excluding hydrogens is 228 g/mol. The highest BCUT2D eigenvalue weighted by molar-refractivity contribution is 5.82. The van der Waals surface area contributed by atoms with E-state index in [-0.39, 0.29) is 5.92 Å². The summed E-state index contributed by atoms with van der Waals surface area (Å²) in [6.45, 7) is 7.88. The Kier molecular flexibility index (Phi) is 5.15. The van der Waals surface area contributed by atoms with Gasteiger partial charge in [-0.15, -0.1) is 0 Å². The summed E-state index contributed by atoms with van der Waals surface area (Å²) in [5.74, 6) is 0.493. The summed E-state index contributed by atoms with van der Waals surface area (Å²) in [7, 11) is 2.16. The predicted molar refractivity (Wildman–Crippen MR) is 71.7 cm³/mol. The summed E-state index contributed by atoms with van der Waals surface area (Å²) in [5.41, 5.74) is 0. The minimum Gasteiger partial charge on any atom is -0.380 e. The van der Waals surface area contributed by atoms with Gasteiger partial charge >= 0.3 is 0 Å². The second kappa shape index (κ2) is 6.64. The van der Waals surface area contributed by atoms with E-state index in [1.807, 2.05) is 0 Å². The number of hydrogen-bond donors (Lipinski definition) is 0. The Bertz CT molecular complexity index is 275. The van der Waals surface area contributed by atoms with Gasteiger partial charge in [0, 0.05) is 19.0 Å². The zero-order chi connectivity index (χ0) is 13.0. The summed E-state index contributed by atoms with van der Waals surface area (Å²) in [5, 5.41) is 0. The van der Waals surface area contributed by atoms with E-state index in [0.717, 1.165) is 13.1 Å². The Labute approximate surface area is 110 Å². The van der Waals surface area contributed by atoms with Gasteiger partial charge in [-0.25, -0.2) is 0 Å². The van der Waals surface area contributed by atoms with Gasteiger partial charge in [-0.05, 0) is 39.5 Å². The van der Waals surface area contributed by atoms with Crippen LogP contribution in [0.4, 0.5) is 0 Å². The molecular formula is C14H26N2O2. The van der Waals surface area contributed by atoms with E-state index in [1.165, 1.54) is 25.9 Å². The molecule has 0 aromatic carbocycles. The molecule has 0 amide bonds. The lowest BCUT2D eigenvalue weighted by molar-refractivity contribution is -0.131. The average molecular weight is 254 g/mol. The lowest BCUT2D eigenvalue weighted by Gasteiger charge is -2.37. The van der Waals surface area contributed by atoms with Gasteiger partial charge in [0.15, 0.2) is 0 Å². The minimum atomic E-state index is 0.105. The Balaban J connectivity index is 1.77. The molecule has 1 atom stereocenters. The molecule has 0 aromatic heterocycles. The molecule has 2 heterocycles. The number of carbonyl (C=O) groups is 1. The fourth-order valence-electron chi connectivity index (χ4n) is 3.02. The molecule has 0 spiro atoms. The number of likely N-dealkylation sites (tertiary alicyclic amines) is 1. The highest BCUT2D eigenvalue weighted by atomic mass is 16.5. The number of hydrogen-bond acceptors (Lipinski definition) is 4. The first kappa shape index (κ1) is 14.0. The monoisotopic (exact) mass is 254 g/mol. The second-order valence-corrected chi connectivity index (χ2v) is 5.59. The number of nitrogens with zero attached hydrogens (tertiary/aromatic N) is 2. The van der Waals surface area contributed by atoms with E-state index in [2.05, 4.69) is 23.8 Å². The average Bonchev–Trinajstić information content (AvgIpc) is 2.41. The van der Waals surface area contributed by atoms with E-state index in [9.17, 15) is 4.79 Å². The SMILES string of the molecule is CCN1CCC(N(C)CC2COCCC2=O)CC1. The molecule has 2 rings (SSSR count). The topological polar surface area (TPSA) is 32.8 Å². The molecule has 2 saturated heterocycles. The zero-order valence-corrected chi connectivity index (χ0v) is 11.7. The number of Topliss-reactive ketones (excluding diaryl/α,β-unsaturated/α-hetero) is 1. The first-order valence-corrected chi connectivity index (χ1v) is 7.23.